The van der Waals surface area contributed by atoms with E-state index in [0.29, 0.717) is 0 Å². The molecule has 6 rings (SSSR count). The minimum atomic E-state index is 0.741. The third-order valence-electron chi connectivity index (χ3n) is 5.95. The van der Waals surface area contributed by atoms with Gasteiger partial charge in [-0.3, -0.25) is 0 Å². The van der Waals surface area contributed by atoms with Crippen LogP contribution in [0.1, 0.15) is 0 Å². The fraction of sp³-hybridized carbons (Fsp3) is 0. The van der Waals surface area contributed by atoms with Crippen molar-refractivity contribution < 1.29 is 0 Å². The highest BCUT2D eigenvalue weighted by atomic mass is 35.5. The molecule has 0 bridgehead atoms. The van der Waals surface area contributed by atoms with Crippen molar-refractivity contribution in [3.63, 3.8) is 0 Å². The Bertz CT molecular complexity index is 1320. The summed E-state index contributed by atoms with van der Waals surface area (Å²) in [4.78, 5) is 0. The van der Waals surface area contributed by atoms with Gasteiger partial charge in [-0.25, -0.2) is 0 Å². The summed E-state index contributed by atoms with van der Waals surface area (Å²) in [5.41, 5.74) is 9.85. The topological polar surface area (TPSA) is 0 Å². The van der Waals surface area contributed by atoms with E-state index < -0.39 is 0 Å². The van der Waals surface area contributed by atoms with Gasteiger partial charge < -0.3 is 0 Å². The molecule has 0 saturated carbocycles. The standard InChI is InChI=1S/C28H16Cl2/c29-20-11-7-17(8-12-20)24-15-26-22-5-1-3-19-4-2-6-23(28(19)22)27(26)16-25(24)18-9-13-21(30)14-10-18/h1-16H. The maximum Gasteiger partial charge on any atom is 0.0406 e. The zero-order chi connectivity index (χ0) is 20.2. The first-order chi connectivity index (χ1) is 14.7. The Labute approximate surface area is 185 Å². The second kappa shape index (κ2) is 6.74. The molecule has 0 fully saturated rings. The van der Waals surface area contributed by atoms with Crippen molar-refractivity contribution in [2.24, 2.45) is 0 Å². The van der Waals surface area contributed by atoms with Crippen LogP contribution in [0.3, 0.4) is 0 Å². The van der Waals surface area contributed by atoms with Crippen molar-refractivity contribution in [3.05, 3.63) is 107 Å². The molecule has 0 aromatic heterocycles. The first-order valence-electron chi connectivity index (χ1n) is 9.91. The third kappa shape index (κ3) is 2.69. The monoisotopic (exact) mass is 422 g/mol. The Balaban J connectivity index is 1.69. The zero-order valence-corrected chi connectivity index (χ0v) is 17.5. The van der Waals surface area contributed by atoms with Gasteiger partial charge >= 0.3 is 0 Å². The Morgan fingerprint density at radius 1 is 0.400 bits per heavy atom. The van der Waals surface area contributed by atoms with Crippen LogP contribution in [0.15, 0.2) is 97.1 Å². The molecule has 30 heavy (non-hydrogen) atoms. The van der Waals surface area contributed by atoms with Gasteiger partial charge in [0.1, 0.15) is 0 Å². The van der Waals surface area contributed by atoms with Gasteiger partial charge in [-0.15, -0.1) is 0 Å². The first kappa shape index (κ1) is 17.8. The van der Waals surface area contributed by atoms with Crippen LogP contribution in [0.5, 0.6) is 0 Å². The Hall–Kier alpha value is -3.06. The number of rotatable bonds is 2. The molecule has 0 atom stereocenters. The molecular weight excluding hydrogens is 407 g/mol. The maximum atomic E-state index is 6.17. The fourth-order valence-corrected chi connectivity index (χ4v) is 4.82. The van der Waals surface area contributed by atoms with Crippen LogP contribution in [0.4, 0.5) is 0 Å². The lowest BCUT2D eigenvalue weighted by Gasteiger charge is -2.15. The summed E-state index contributed by atoms with van der Waals surface area (Å²) in [5.74, 6) is 0. The quantitative estimate of drug-likeness (QED) is 0.260. The molecule has 5 aromatic carbocycles. The molecule has 2 heteroatoms. The highest BCUT2D eigenvalue weighted by Crippen LogP contribution is 2.50. The summed E-state index contributed by atoms with van der Waals surface area (Å²) >= 11 is 12.3. The Kier molecular flexibility index (Phi) is 3.99. The summed E-state index contributed by atoms with van der Waals surface area (Å²) in [5, 5.41) is 4.10. The Morgan fingerprint density at radius 3 is 1.27 bits per heavy atom. The molecule has 0 spiro atoms. The van der Waals surface area contributed by atoms with E-state index >= 15 is 0 Å². The highest BCUT2D eigenvalue weighted by molar-refractivity contribution is 6.31. The average molecular weight is 423 g/mol. The SMILES string of the molecule is Clc1ccc(-c2cc3c(cc2-c2ccc(Cl)cc2)-c2cccc4cccc-3c24)cc1. The molecule has 0 aliphatic heterocycles. The molecule has 1 aliphatic rings. The summed E-state index contributed by atoms with van der Waals surface area (Å²) < 4.78 is 0. The molecule has 0 nitrogen and oxygen atoms in total. The molecule has 142 valence electrons. The van der Waals surface area contributed by atoms with Gasteiger partial charge in [-0.1, -0.05) is 83.9 Å². The van der Waals surface area contributed by atoms with Crippen molar-refractivity contribution in [1.82, 2.24) is 0 Å². The van der Waals surface area contributed by atoms with Gasteiger partial charge in [0.2, 0.25) is 0 Å². The van der Waals surface area contributed by atoms with Crippen LogP contribution >= 0.6 is 23.2 Å². The normalized spacial score (nSPS) is 11.7. The van der Waals surface area contributed by atoms with Gasteiger partial charge in [-0.05, 0) is 91.7 Å². The molecule has 0 unspecified atom stereocenters. The lowest BCUT2D eigenvalue weighted by atomic mass is 9.89. The van der Waals surface area contributed by atoms with Crippen molar-refractivity contribution >= 4 is 34.0 Å². The minimum absolute atomic E-state index is 0.741. The van der Waals surface area contributed by atoms with Gasteiger partial charge in [0.25, 0.3) is 0 Å². The van der Waals surface area contributed by atoms with Crippen LogP contribution in [0.2, 0.25) is 10.0 Å². The van der Waals surface area contributed by atoms with Crippen LogP contribution in [0.25, 0.3) is 55.3 Å². The molecule has 0 saturated heterocycles. The van der Waals surface area contributed by atoms with E-state index in [1.54, 1.807) is 0 Å². The van der Waals surface area contributed by atoms with E-state index in [4.69, 9.17) is 23.2 Å². The molecular formula is C28H16Cl2. The van der Waals surface area contributed by atoms with Crippen LogP contribution < -0.4 is 0 Å². The number of hydrogen-bond donors (Lipinski definition) is 0. The zero-order valence-electron chi connectivity index (χ0n) is 16.0. The Morgan fingerprint density at radius 2 is 0.833 bits per heavy atom. The fourth-order valence-electron chi connectivity index (χ4n) is 4.57. The van der Waals surface area contributed by atoms with Crippen LogP contribution in [-0.2, 0) is 0 Å². The second-order valence-electron chi connectivity index (χ2n) is 7.67. The van der Waals surface area contributed by atoms with Crippen molar-refractivity contribution in [2.45, 2.75) is 0 Å². The highest BCUT2D eigenvalue weighted by Gasteiger charge is 2.23. The number of halogens is 2. The average Bonchev–Trinajstić information content (AvgIpc) is 3.09. The van der Waals surface area contributed by atoms with Crippen molar-refractivity contribution in [2.75, 3.05) is 0 Å². The summed E-state index contributed by atoms with van der Waals surface area (Å²) in [6.07, 6.45) is 0. The summed E-state index contributed by atoms with van der Waals surface area (Å²) in [6.45, 7) is 0. The van der Waals surface area contributed by atoms with E-state index in [0.717, 1.165) is 21.2 Å². The lowest BCUT2D eigenvalue weighted by molar-refractivity contribution is 1.58. The van der Waals surface area contributed by atoms with Gasteiger partial charge in [0, 0.05) is 10.0 Å². The van der Waals surface area contributed by atoms with Crippen LogP contribution in [0, 0.1) is 0 Å². The van der Waals surface area contributed by atoms with Crippen LogP contribution in [-0.4, -0.2) is 0 Å². The molecule has 5 aromatic rings. The van der Waals surface area contributed by atoms with E-state index in [1.165, 1.54) is 44.2 Å². The summed E-state index contributed by atoms with van der Waals surface area (Å²) in [7, 11) is 0. The van der Waals surface area contributed by atoms with Gasteiger partial charge in [0.05, 0.1) is 0 Å². The van der Waals surface area contributed by atoms with E-state index in [2.05, 4.69) is 72.8 Å². The minimum Gasteiger partial charge on any atom is -0.0843 e. The molecule has 0 heterocycles. The van der Waals surface area contributed by atoms with E-state index in [-0.39, 0.29) is 0 Å². The lowest BCUT2D eigenvalue weighted by Crippen LogP contribution is -1.89. The molecule has 0 radical (unpaired) electrons. The molecule has 1 aliphatic carbocycles. The molecule has 0 N–H and O–H groups in total. The summed E-state index contributed by atoms with van der Waals surface area (Å²) in [6, 6.07) is 33.9. The molecule has 0 amide bonds. The first-order valence-corrected chi connectivity index (χ1v) is 10.7. The predicted molar refractivity (Wildman–Crippen MR) is 129 cm³/mol. The van der Waals surface area contributed by atoms with Gasteiger partial charge in [-0.2, -0.15) is 0 Å². The third-order valence-corrected chi connectivity index (χ3v) is 6.46. The van der Waals surface area contributed by atoms with Gasteiger partial charge in [0.15, 0.2) is 0 Å². The number of benzene rings is 5. The van der Waals surface area contributed by atoms with Crippen molar-refractivity contribution in [3.8, 4) is 44.5 Å². The smallest absolute Gasteiger partial charge is 0.0406 e. The van der Waals surface area contributed by atoms with E-state index in [1.807, 2.05) is 24.3 Å². The van der Waals surface area contributed by atoms with E-state index in [9.17, 15) is 0 Å². The number of fused-ring (bicyclic) bond motifs is 3. The predicted octanol–water partition coefficient (Wildman–Crippen LogP) is 9.13. The van der Waals surface area contributed by atoms with Crippen molar-refractivity contribution in [1.29, 1.82) is 0 Å². The second-order valence-corrected chi connectivity index (χ2v) is 8.54. The maximum absolute atomic E-state index is 6.17. The number of hydrogen-bond acceptors (Lipinski definition) is 0. The largest absolute Gasteiger partial charge is 0.0843 e.